The molecule has 0 aromatic carbocycles. The second kappa shape index (κ2) is 6.50. The fourth-order valence-electron chi connectivity index (χ4n) is 2.56. The average molecular weight is 256 g/mol. The Labute approximate surface area is 108 Å². The zero-order valence-corrected chi connectivity index (χ0v) is 11.0. The van der Waals surface area contributed by atoms with E-state index in [9.17, 15) is 4.79 Å². The van der Waals surface area contributed by atoms with Crippen molar-refractivity contribution in [1.82, 2.24) is 5.32 Å². The van der Waals surface area contributed by atoms with Gasteiger partial charge in [0.15, 0.2) is 0 Å². The minimum Gasteiger partial charge on any atom is -0.379 e. The number of ether oxygens (including phenoxy) is 2. The molecule has 104 valence electrons. The molecular formula is C13H24N2O3. The Morgan fingerprint density at radius 1 is 1.39 bits per heavy atom. The maximum atomic E-state index is 11.8. The molecular weight excluding hydrogens is 232 g/mol. The third-order valence-corrected chi connectivity index (χ3v) is 3.80. The Morgan fingerprint density at radius 2 is 2.17 bits per heavy atom. The van der Waals surface area contributed by atoms with Crippen molar-refractivity contribution in [3.63, 3.8) is 0 Å². The molecule has 18 heavy (non-hydrogen) atoms. The summed E-state index contributed by atoms with van der Waals surface area (Å²) >= 11 is 0. The van der Waals surface area contributed by atoms with E-state index in [1.807, 2.05) is 0 Å². The number of carbonyl (C=O) groups excluding carboxylic acids is 1. The van der Waals surface area contributed by atoms with Crippen molar-refractivity contribution in [1.29, 1.82) is 0 Å². The van der Waals surface area contributed by atoms with Gasteiger partial charge in [0, 0.05) is 13.2 Å². The minimum absolute atomic E-state index is 0.118. The van der Waals surface area contributed by atoms with Crippen LogP contribution in [0.2, 0.25) is 0 Å². The lowest BCUT2D eigenvalue weighted by atomic mass is 9.98. The van der Waals surface area contributed by atoms with E-state index in [4.69, 9.17) is 15.2 Å². The van der Waals surface area contributed by atoms with Crippen LogP contribution < -0.4 is 11.1 Å². The van der Waals surface area contributed by atoms with Crippen molar-refractivity contribution in [3.8, 4) is 0 Å². The van der Waals surface area contributed by atoms with Crippen molar-refractivity contribution in [2.45, 2.75) is 50.2 Å². The van der Waals surface area contributed by atoms with Gasteiger partial charge in [-0.05, 0) is 19.3 Å². The van der Waals surface area contributed by atoms with E-state index in [1.54, 1.807) is 0 Å². The maximum absolute atomic E-state index is 11.8. The van der Waals surface area contributed by atoms with Crippen LogP contribution in [0.3, 0.4) is 0 Å². The molecule has 0 spiro atoms. The summed E-state index contributed by atoms with van der Waals surface area (Å²) in [4.78, 5) is 11.8. The van der Waals surface area contributed by atoms with Crippen LogP contribution in [-0.2, 0) is 14.3 Å². The molecule has 2 rings (SSSR count). The van der Waals surface area contributed by atoms with Gasteiger partial charge < -0.3 is 20.5 Å². The smallest absolute Gasteiger partial charge is 0.242 e. The van der Waals surface area contributed by atoms with Gasteiger partial charge in [-0.15, -0.1) is 0 Å². The molecule has 5 heteroatoms. The first-order valence-electron chi connectivity index (χ1n) is 6.97. The predicted octanol–water partition coefficient (Wildman–Crippen LogP) is 0.570. The molecule has 2 fully saturated rings. The van der Waals surface area contributed by atoms with E-state index >= 15 is 0 Å². The number of hydrogen-bond acceptors (Lipinski definition) is 4. The Bertz CT molecular complexity index is 271. The van der Waals surface area contributed by atoms with E-state index in [1.165, 1.54) is 19.3 Å². The molecule has 1 heterocycles. The van der Waals surface area contributed by atoms with Crippen molar-refractivity contribution in [3.05, 3.63) is 0 Å². The average Bonchev–Trinajstić information content (AvgIpc) is 2.84. The van der Waals surface area contributed by atoms with E-state index in [-0.39, 0.29) is 5.91 Å². The third kappa shape index (κ3) is 3.67. The molecule has 1 amide bonds. The standard InChI is InChI=1S/C13H24N2O3/c14-13(6-8-17-10-13)12(16)15-7-9-18-11-4-2-1-3-5-11/h11H,1-10,14H2,(H,15,16). The number of amides is 1. The molecule has 5 nitrogen and oxygen atoms in total. The Balaban J connectivity index is 1.58. The van der Waals surface area contributed by atoms with Crippen LogP contribution in [0.25, 0.3) is 0 Å². The van der Waals surface area contributed by atoms with Gasteiger partial charge in [-0.25, -0.2) is 0 Å². The molecule has 1 saturated carbocycles. The first-order valence-corrected chi connectivity index (χ1v) is 6.97. The summed E-state index contributed by atoms with van der Waals surface area (Å²) in [6, 6.07) is 0. The van der Waals surface area contributed by atoms with Crippen LogP contribution in [0.1, 0.15) is 38.5 Å². The zero-order chi connectivity index (χ0) is 12.8. The molecule has 0 bridgehead atoms. The SMILES string of the molecule is NC1(C(=O)NCCOC2CCCCC2)CCOC1. The van der Waals surface area contributed by atoms with Crippen LogP contribution in [0.4, 0.5) is 0 Å². The molecule has 1 saturated heterocycles. The number of hydrogen-bond donors (Lipinski definition) is 2. The molecule has 0 radical (unpaired) electrons. The largest absolute Gasteiger partial charge is 0.379 e. The normalized spacial score (nSPS) is 29.4. The van der Waals surface area contributed by atoms with Gasteiger partial charge in [-0.3, -0.25) is 4.79 Å². The van der Waals surface area contributed by atoms with E-state index in [0.29, 0.717) is 38.9 Å². The Kier molecular flexibility index (Phi) is 4.97. The number of rotatable bonds is 5. The molecule has 0 aromatic heterocycles. The number of nitrogens with two attached hydrogens (primary N) is 1. The summed E-state index contributed by atoms with van der Waals surface area (Å²) in [5, 5.41) is 2.84. The van der Waals surface area contributed by atoms with Crippen molar-refractivity contribution < 1.29 is 14.3 Å². The highest BCUT2D eigenvalue weighted by Crippen LogP contribution is 2.20. The summed E-state index contributed by atoms with van der Waals surface area (Å²) in [6.07, 6.45) is 7.15. The highest BCUT2D eigenvalue weighted by Gasteiger charge is 2.37. The summed E-state index contributed by atoms with van der Waals surface area (Å²) in [5.41, 5.74) is 5.12. The molecule has 1 aliphatic carbocycles. The second-order valence-corrected chi connectivity index (χ2v) is 5.35. The fourth-order valence-corrected chi connectivity index (χ4v) is 2.56. The first kappa shape index (κ1) is 13.8. The summed E-state index contributed by atoms with van der Waals surface area (Å²) in [6.45, 7) is 2.01. The predicted molar refractivity (Wildman–Crippen MR) is 68.2 cm³/mol. The third-order valence-electron chi connectivity index (χ3n) is 3.80. The lowest BCUT2D eigenvalue weighted by molar-refractivity contribution is -0.126. The van der Waals surface area contributed by atoms with Gasteiger partial charge in [-0.1, -0.05) is 19.3 Å². The lowest BCUT2D eigenvalue weighted by Gasteiger charge is -2.23. The van der Waals surface area contributed by atoms with Crippen LogP contribution in [0.15, 0.2) is 0 Å². The molecule has 0 aromatic rings. The fraction of sp³-hybridized carbons (Fsp3) is 0.923. The van der Waals surface area contributed by atoms with Crippen LogP contribution in [-0.4, -0.2) is 43.9 Å². The minimum atomic E-state index is -0.829. The van der Waals surface area contributed by atoms with Crippen molar-refractivity contribution in [2.24, 2.45) is 5.73 Å². The topological polar surface area (TPSA) is 73.6 Å². The van der Waals surface area contributed by atoms with Gasteiger partial charge in [0.2, 0.25) is 5.91 Å². The number of carbonyl (C=O) groups is 1. The molecule has 1 unspecified atom stereocenters. The lowest BCUT2D eigenvalue weighted by Crippen LogP contribution is -2.55. The quantitative estimate of drug-likeness (QED) is 0.705. The van der Waals surface area contributed by atoms with Gasteiger partial charge in [0.05, 0.1) is 19.3 Å². The Morgan fingerprint density at radius 3 is 2.83 bits per heavy atom. The summed E-state index contributed by atoms with van der Waals surface area (Å²) in [5.74, 6) is -0.118. The summed E-state index contributed by atoms with van der Waals surface area (Å²) < 4.78 is 10.9. The van der Waals surface area contributed by atoms with Crippen molar-refractivity contribution in [2.75, 3.05) is 26.4 Å². The second-order valence-electron chi connectivity index (χ2n) is 5.35. The van der Waals surface area contributed by atoms with Gasteiger partial charge in [-0.2, -0.15) is 0 Å². The van der Waals surface area contributed by atoms with Gasteiger partial charge in [0.25, 0.3) is 0 Å². The van der Waals surface area contributed by atoms with Crippen LogP contribution >= 0.6 is 0 Å². The Hall–Kier alpha value is -0.650. The number of nitrogens with one attached hydrogen (secondary N) is 1. The van der Waals surface area contributed by atoms with E-state index < -0.39 is 5.54 Å². The molecule has 1 aliphatic heterocycles. The molecule has 1 atom stereocenters. The highest BCUT2D eigenvalue weighted by molar-refractivity contribution is 5.86. The van der Waals surface area contributed by atoms with Crippen LogP contribution in [0, 0.1) is 0 Å². The zero-order valence-electron chi connectivity index (χ0n) is 11.0. The van der Waals surface area contributed by atoms with Crippen LogP contribution in [0.5, 0.6) is 0 Å². The first-order chi connectivity index (χ1) is 8.71. The van der Waals surface area contributed by atoms with E-state index in [2.05, 4.69) is 5.32 Å². The summed E-state index contributed by atoms with van der Waals surface area (Å²) in [7, 11) is 0. The van der Waals surface area contributed by atoms with Gasteiger partial charge >= 0.3 is 0 Å². The highest BCUT2D eigenvalue weighted by atomic mass is 16.5. The molecule has 3 N–H and O–H groups in total. The monoisotopic (exact) mass is 256 g/mol. The maximum Gasteiger partial charge on any atom is 0.242 e. The van der Waals surface area contributed by atoms with Gasteiger partial charge in [0.1, 0.15) is 5.54 Å². The van der Waals surface area contributed by atoms with E-state index in [0.717, 1.165) is 12.8 Å². The van der Waals surface area contributed by atoms with Crippen molar-refractivity contribution >= 4 is 5.91 Å². The molecule has 2 aliphatic rings.